The lowest BCUT2D eigenvalue weighted by molar-refractivity contribution is -0.145. The molecule has 2 N–H and O–H groups in total. The predicted octanol–water partition coefficient (Wildman–Crippen LogP) is 1.96. The highest BCUT2D eigenvalue weighted by Gasteiger charge is 2.47. The van der Waals surface area contributed by atoms with Crippen molar-refractivity contribution < 1.29 is 28.6 Å². The van der Waals surface area contributed by atoms with Gasteiger partial charge in [-0.1, -0.05) is 19.9 Å². The maximum Gasteiger partial charge on any atom is 0.357 e. The SMILES string of the molecule is CCC(CC)(OC1C=CC(OC(C)=O)C1)P(=O)(O)O. The number of carbonyl (C=O) groups excluding carboxylic acids is 1. The molecule has 0 saturated carbocycles. The average molecular weight is 292 g/mol. The number of hydrogen-bond donors (Lipinski definition) is 2. The molecule has 0 heterocycles. The van der Waals surface area contributed by atoms with Gasteiger partial charge >= 0.3 is 13.6 Å². The number of carbonyl (C=O) groups is 1. The maximum atomic E-state index is 11.6. The average Bonchev–Trinajstić information content (AvgIpc) is 2.70. The lowest BCUT2D eigenvalue weighted by Crippen LogP contribution is -2.35. The normalized spacial score (nSPS) is 23.6. The molecule has 1 aliphatic carbocycles. The van der Waals surface area contributed by atoms with E-state index in [-0.39, 0.29) is 24.9 Å². The van der Waals surface area contributed by atoms with Crippen LogP contribution in [0, 0.1) is 0 Å². The summed E-state index contributed by atoms with van der Waals surface area (Å²) in [5.41, 5.74) is 0. The molecule has 0 fully saturated rings. The first-order chi connectivity index (χ1) is 8.74. The molecule has 2 unspecified atom stereocenters. The Kier molecular flexibility index (Phi) is 5.33. The van der Waals surface area contributed by atoms with E-state index in [0.29, 0.717) is 6.42 Å². The standard InChI is InChI=1S/C12H21O6P/c1-4-12(5-2,19(14,15)16)18-11-7-6-10(8-11)17-9(3)13/h6-7,10-11H,4-5,8H2,1-3H3,(H2,14,15,16). The number of rotatable bonds is 6. The second-order valence-corrected chi connectivity index (χ2v) is 6.53. The van der Waals surface area contributed by atoms with Crippen molar-refractivity contribution in [2.24, 2.45) is 0 Å². The number of esters is 1. The van der Waals surface area contributed by atoms with Crippen molar-refractivity contribution in [3.05, 3.63) is 12.2 Å². The summed E-state index contributed by atoms with van der Waals surface area (Å²) in [5.74, 6) is -0.387. The predicted molar refractivity (Wildman–Crippen MR) is 69.5 cm³/mol. The minimum atomic E-state index is -4.37. The Morgan fingerprint density at radius 3 is 2.26 bits per heavy atom. The van der Waals surface area contributed by atoms with Crippen molar-refractivity contribution in [1.82, 2.24) is 0 Å². The van der Waals surface area contributed by atoms with Crippen LogP contribution in [0.5, 0.6) is 0 Å². The molecule has 0 amide bonds. The summed E-state index contributed by atoms with van der Waals surface area (Å²) in [5, 5.41) is -1.47. The maximum absolute atomic E-state index is 11.6. The molecule has 1 rings (SSSR count). The molecule has 0 aromatic rings. The third kappa shape index (κ3) is 3.89. The van der Waals surface area contributed by atoms with E-state index < -0.39 is 19.0 Å². The van der Waals surface area contributed by atoms with E-state index in [1.807, 2.05) is 0 Å². The molecule has 6 nitrogen and oxygen atoms in total. The first-order valence-electron chi connectivity index (χ1n) is 6.33. The lowest BCUT2D eigenvalue weighted by Gasteiger charge is -2.34. The van der Waals surface area contributed by atoms with E-state index in [2.05, 4.69) is 0 Å². The molecule has 0 spiro atoms. The van der Waals surface area contributed by atoms with Crippen LogP contribution in [0.15, 0.2) is 12.2 Å². The third-order valence-corrected chi connectivity index (χ3v) is 5.13. The molecule has 0 aromatic carbocycles. The summed E-state index contributed by atoms with van der Waals surface area (Å²) in [4.78, 5) is 29.8. The van der Waals surface area contributed by atoms with Crippen molar-refractivity contribution in [2.75, 3.05) is 0 Å². The van der Waals surface area contributed by atoms with Gasteiger partial charge in [-0.2, -0.15) is 0 Å². The minimum Gasteiger partial charge on any atom is -0.458 e. The van der Waals surface area contributed by atoms with E-state index in [0.717, 1.165) is 0 Å². The molecule has 1 aliphatic rings. The highest BCUT2D eigenvalue weighted by molar-refractivity contribution is 7.53. The first kappa shape index (κ1) is 16.4. The smallest absolute Gasteiger partial charge is 0.357 e. The van der Waals surface area contributed by atoms with Crippen LogP contribution in [-0.4, -0.2) is 33.3 Å². The summed E-state index contributed by atoms with van der Waals surface area (Å²) in [6, 6.07) is 0. The Labute approximate surface area is 112 Å². The molecule has 7 heteroatoms. The van der Waals surface area contributed by atoms with Gasteiger partial charge in [0.2, 0.25) is 0 Å². The zero-order valence-electron chi connectivity index (χ0n) is 11.4. The monoisotopic (exact) mass is 292 g/mol. The highest BCUT2D eigenvalue weighted by Crippen LogP contribution is 2.56. The quantitative estimate of drug-likeness (QED) is 0.441. The minimum absolute atomic E-state index is 0.219. The molecule has 0 saturated heterocycles. The Morgan fingerprint density at radius 1 is 1.32 bits per heavy atom. The van der Waals surface area contributed by atoms with Crippen LogP contribution in [0.25, 0.3) is 0 Å². The van der Waals surface area contributed by atoms with Crippen LogP contribution in [0.4, 0.5) is 0 Å². The zero-order chi connectivity index (χ0) is 14.7. The van der Waals surface area contributed by atoms with Gasteiger partial charge in [0.1, 0.15) is 6.10 Å². The topological polar surface area (TPSA) is 93.1 Å². The van der Waals surface area contributed by atoms with Crippen LogP contribution in [-0.2, 0) is 18.8 Å². The van der Waals surface area contributed by atoms with Gasteiger partial charge in [0, 0.05) is 13.3 Å². The first-order valence-corrected chi connectivity index (χ1v) is 7.94. The van der Waals surface area contributed by atoms with Gasteiger partial charge in [0.05, 0.1) is 6.10 Å². The largest absolute Gasteiger partial charge is 0.458 e. The van der Waals surface area contributed by atoms with Gasteiger partial charge in [-0.3, -0.25) is 9.36 Å². The zero-order valence-corrected chi connectivity index (χ0v) is 12.3. The molecule has 0 bridgehead atoms. The lowest BCUT2D eigenvalue weighted by atomic mass is 10.2. The fourth-order valence-corrected chi connectivity index (χ4v) is 3.30. The van der Waals surface area contributed by atoms with Crippen LogP contribution in [0.3, 0.4) is 0 Å². The van der Waals surface area contributed by atoms with E-state index in [9.17, 15) is 19.1 Å². The van der Waals surface area contributed by atoms with Gasteiger partial charge < -0.3 is 19.3 Å². The fourth-order valence-electron chi connectivity index (χ4n) is 2.20. The molecule has 0 aliphatic heterocycles. The molecular weight excluding hydrogens is 271 g/mol. The molecule has 0 aromatic heterocycles. The van der Waals surface area contributed by atoms with Crippen molar-refractivity contribution in [3.63, 3.8) is 0 Å². The Morgan fingerprint density at radius 2 is 1.84 bits per heavy atom. The van der Waals surface area contributed by atoms with Crippen LogP contribution >= 0.6 is 7.60 Å². The fraction of sp³-hybridized carbons (Fsp3) is 0.750. The van der Waals surface area contributed by atoms with E-state index in [1.165, 1.54) is 6.92 Å². The Balaban J connectivity index is 2.71. The number of ether oxygens (including phenoxy) is 2. The van der Waals surface area contributed by atoms with Crippen molar-refractivity contribution in [3.8, 4) is 0 Å². The van der Waals surface area contributed by atoms with Gasteiger partial charge in [-0.15, -0.1) is 0 Å². The van der Waals surface area contributed by atoms with Gasteiger partial charge in [0.15, 0.2) is 5.34 Å². The highest BCUT2D eigenvalue weighted by atomic mass is 31.2. The van der Waals surface area contributed by atoms with Crippen LogP contribution in [0.1, 0.15) is 40.0 Å². The summed E-state index contributed by atoms with van der Waals surface area (Å²) in [6.45, 7) is 4.69. The second-order valence-electron chi connectivity index (χ2n) is 4.62. The van der Waals surface area contributed by atoms with E-state index >= 15 is 0 Å². The summed E-state index contributed by atoms with van der Waals surface area (Å²) < 4.78 is 22.3. The summed E-state index contributed by atoms with van der Waals surface area (Å²) in [7, 11) is -4.37. The number of hydrogen-bond acceptors (Lipinski definition) is 4. The second kappa shape index (κ2) is 6.18. The Hall–Kier alpha value is -0.680. The van der Waals surface area contributed by atoms with Gasteiger partial charge in [-0.25, -0.2) is 0 Å². The van der Waals surface area contributed by atoms with Crippen molar-refractivity contribution in [2.45, 2.75) is 57.6 Å². The van der Waals surface area contributed by atoms with Gasteiger partial charge in [0.25, 0.3) is 0 Å². The molecule has 2 atom stereocenters. The summed E-state index contributed by atoms with van der Waals surface area (Å²) in [6.07, 6.45) is 3.36. The van der Waals surface area contributed by atoms with E-state index in [4.69, 9.17) is 9.47 Å². The van der Waals surface area contributed by atoms with Crippen LogP contribution in [0.2, 0.25) is 0 Å². The Bertz CT molecular complexity index is 395. The third-order valence-electron chi connectivity index (χ3n) is 3.33. The summed E-state index contributed by atoms with van der Waals surface area (Å²) >= 11 is 0. The molecular formula is C12H21O6P. The van der Waals surface area contributed by atoms with Crippen LogP contribution < -0.4 is 0 Å². The van der Waals surface area contributed by atoms with Gasteiger partial charge in [-0.05, 0) is 18.9 Å². The molecule has 110 valence electrons. The van der Waals surface area contributed by atoms with Crippen molar-refractivity contribution in [1.29, 1.82) is 0 Å². The van der Waals surface area contributed by atoms with Crippen molar-refractivity contribution >= 4 is 13.6 Å². The molecule has 19 heavy (non-hydrogen) atoms. The molecule has 0 radical (unpaired) electrons. The van der Waals surface area contributed by atoms with E-state index in [1.54, 1.807) is 26.0 Å².